The van der Waals surface area contributed by atoms with Gasteiger partial charge in [-0.05, 0) is 38.7 Å². The fourth-order valence-electron chi connectivity index (χ4n) is 3.04. The summed E-state index contributed by atoms with van der Waals surface area (Å²) >= 11 is 0. The molecule has 106 valence electrons. The van der Waals surface area contributed by atoms with Gasteiger partial charge in [0.2, 0.25) is 0 Å². The van der Waals surface area contributed by atoms with Crippen LogP contribution in [0.25, 0.3) is 0 Å². The van der Waals surface area contributed by atoms with Crippen molar-refractivity contribution < 1.29 is 4.74 Å². The third-order valence-electron chi connectivity index (χ3n) is 4.05. The van der Waals surface area contributed by atoms with Gasteiger partial charge in [0.25, 0.3) is 0 Å². The van der Waals surface area contributed by atoms with Gasteiger partial charge in [-0.15, -0.1) is 0 Å². The first kappa shape index (κ1) is 14.4. The average Bonchev–Trinajstić information content (AvgIpc) is 2.67. The van der Waals surface area contributed by atoms with Crippen LogP contribution in [0, 0.1) is 5.92 Å². The fraction of sp³-hybridized carbons (Fsp3) is 0.647. The molecule has 2 rings (SSSR count). The van der Waals surface area contributed by atoms with Crippen LogP contribution >= 0.6 is 0 Å². The van der Waals surface area contributed by atoms with Crippen molar-refractivity contribution in [1.82, 2.24) is 0 Å². The van der Waals surface area contributed by atoms with Crippen molar-refractivity contribution >= 4 is 0 Å². The molecule has 0 radical (unpaired) electrons. The Morgan fingerprint density at radius 2 is 1.68 bits per heavy atom. The molecule has 0 bridgehead atoms. The van der Waals surface area contributed by atoms with E-state index in [0.29, 0.717) is 5.92 Å². The van der Waals surface area contributed by atoms with Gasteiger partial charge in [-0.25, -0.2) is 0 Å². The first-order chi connectivity index (χ1) is 9.18. The zero-order valence-electron chi connectivity index (χ0n) is 12.3. The number of hydrogen-bond donors (Lipinski definition) is 1. The van der Waals surface area contributed by atoms with Crippen LogP contribution in [0.2, 0.25) is 0 Å². The molecule has 1 saturated carbocycles. The molecule has 0 saturated heterocycles. The molecule has 0 aliphatic heterocycles. The highest BCUT2D eigenvalue weighted by Gasteiger charge is 2.23. The summed E-state index contributed by atoms with van der Waals surface area (Å²) in [5.41, 5.74) is 7.72. The number of rotatable bonds is 4. The van der Waals surface area contributed by atoms with Crippen molar-refractivity contribution in [3.05, 3.63) is 29.8 Å². The minimum absolute atomic E-state index is 0.119. The predicted octanol–water partition coefficient (Wildman–Crippen LogP) is 4.44. The van der Waals surface area contributed by atoms with Gasteiger partial charge in [0.05, 0.1) is 6.10 Å². The summed E-state index contributed by atoms with van der Waals surface area (Å²) in [5, 5.41) is 0. The molecule has 0 aromatic heterocycles. The topological polar surface area (TPSA) is 35.2 Å². The van der Waals surface area contributed by atoms with E-state index in [4.69, 9.17) is 10.5 Å². The van der Waals surface area contributed by atoms with E-state index in [-0.39, 0.29) is 12.1 Å². The second-order valence-electron chi connectivity index (χ2n) is 5.98. The molecule has 1 aliphatic rings. The molecule has 2 nitrogen and oxygen atoms in total. The third-order valence-corrected chi connectivity index (χ3v) is 4.05. The van der Waals surface area contributed by atoms with Crippen LogP contribution in [0.1, 0.15) is 64.0 Å². The van der Waals surface area contributed by atoms with Gasteiger partial charge in [-0.2, -0.15) is 0 Å². The minimum Gasteiger partial charge on any atom is -0.491 e. The summed E-state index contributed by atoms with van der Waals surface area (Å²) in [6.45, 7) is 4.13. The normalized spacial score (nSPS) is 19.2. The summed E-state index contributed by atoms with van der Waals surface area (Å²) in [7, 11) is 0. The summed E-state index contributed by atoms with van der Waals surface area (Å²) in [6, 6.07) is 8.40. The largest absolute Gasteiger partial charge is 0.491 e. The van der Waals surface area contributed by atoms with Crippen molar-refractivity contribution in [2.45, 2.75) is 64.5 Å². The van der Waals surface area contributed by atoms with E-state index in [1.807, 2.05) is 12.1 Å². The van der Waals surface area contributed by atoms with Gasteiger partial charge in [-0.1, -0.05) is 43.9 Å². The molecule has 1 fully saturated rings. The van der Waals surface area contributed by atoms with Crippen LogP contribution in [0.15, 0.2) is 24.3 Å². The fourth-order valence-corrected chi connectivity index (χ4v) is 3.04. The van der Waals surface area contributed by atoms with E-state index in [1.165, 1.54) is 44.1 Å². The molecular formula is C17H27NO. The van der Waals surface area contributed by atoms with Gasteiger partial charge in [-0.3, -0.25) is 0 Å². The van der Waals surface area contributed by atoms with Crippen LogP contribution < -0.4 is 10.5 Å². The predicted molar refractivity (Wildman–Crippen MR) is 80.3 cm³/mol. The lowest BCUT2D eigenvalue weighted by atomic mass is 9.87. The van der Waals surface area contributed by atoms with Crippen LogP contribution in [0.5, 0.6) is 5.75 Å². The molecule has 1 aromatic carbocycles. The third kappa shape index (κ3) is 3.97. The zero-order valence-corrected chi connectivity index (χ0v) is 12.3. The summed E-state index contributed by atoms with van der Waals surface area (Å²) < 4.78 is 5.91. The molecule has 1 unspecified atom stereocenters. The van der Waals surface area contributed by atoms with Crippen molar-refractivity contribution in [3.63, 3.8) is 0 Å². The van der Waals surface area contributed by atoms with E-state index in [2.05, 4.69) is 26.0 Å². The SMILES string of the molecule is CC(C)Oc1ccccc1C(N)C1CCCCCC1. The van der Waals surface area contributed by atoms with Crippen LogP contribution in [0.4, 0.5) is 0 Å². The first-order valence-electron chi connectivity index (χ1n) is 7.69. The van der Waals surface area contributed by atoms with Crippen LogP contribution in [-0.4, -0.2) is 6.10 Å². The Kier molecular flexibility index (Phi) is 5.26. The molecule has 0 amide bonds. The van der Waals surface area contributed by atoms with Crippen LogP contribution in [0.3, 0.4) is 0 Å². The van der Waals surface area contributed by atoms with Crippen LogP contribution in [-0.2, 0) is 0 Å². The Bertz CT molecular complexity index is 381. The van der Waals surface area contributed by atoms with E-state index < -0.39 is 0 Å². The number of nitrogens with two attached hydrogens (primary N) is 1. The Balaban J connectivity index is 2.14. The number of hydrogen-bond acceptors (Lipinski definition) is 2. The van der Waals surface area contributed by atoms with E-state index in [1.54, 1.807) is 0 Å². The van der Waals surface area contributed by atoms with Crippen molar-refractivity contribution in [1.29, 1.82) is 0 Å². The first-order valence-corrected chi connectivity index (χ1v) is 7.69. The van der Waals surface area contributed by atoms with Crippen molar-refractivity contribution in [2.24, 2.45) is 11.7 Å². The molecule has 1 aromatic rings. The maximum absolute atomic E-state index is 6.54. The number of benzene rings is 1. The minimum atomic E-state index is 0.119. The van der Waals surface area contributed by atoms with E-state index in [0.717, 1.165) is 5.75 Å². The lowest BCUT2D eigenvalue weighted by Crippen LogP contribution is -2.22. The lowest BCUT2D eigenvalue weighted by Gasteiger charge is -2.25. The van der Waals surface area contributed by atoms with Gasteiger partial charge < -0.3 is 10.5 Å². The maximum atomic E-state index is 6.54. The van der Waals surface area contributed by atoms with Gasteiger partial charge >= 0.3 is 0 Å². The summed E-state index contributed by atoms with van der Waals surface area (Å²) in [4.78, 5) is 0. The lowest BCUT2D eigenvalue weighted by molar-refractivity contribution is 0.235. The standard InChI is InChI=1S/C17H27NO/c1-13(2)19-16-12-8-7-11-15(16)17(18)14-9-5-3-4-6-10-14/h7-8,11-14,17H,3-6,9-10,18H2,1-2H3. The molecule has 2 N–H and O–H groups in total. The highest BCUT2D eigenvalue weighted by Crippen LogP contribution is 2.35. The van der Waals surface area contributed by atoms with Gasteiger partial charge in [0.15, 0.2) is 0 Å². The monoisotopic (exact) mass is 261 g/mol. The second-order valence-corrected chi connectivity index (χ2v) is 5.98. The summed E-state index contributed by atoms with van der Waals surface area (Å²) in [6.07, 6.45) is 8.11. The molecule has 1 atom stereocenters. The molecule has 2 heteroatoms. The smallest absolute Gasteiger partial charge is 0.124 e. The van der Waals surface area contributed by atoms with E-state index >= 15 is 0 Å². The van der Waals surface area contributed by atoms with Crippen molar-refractivity contribution in [2.75, 3.05) is 0 Å². The Labute approximate surface area is 117 Å². The van der Waals surface area contributed by atoms with E-state index in [9.17, 15) is 0 Å². The Hall–Kier alpha value is -1.02. The second kappa shape index (κ2) is 6.95. The Morgan fingerprint density at radius 3 is 2.32 bits per heavy atom. The number of ether oxygens (including phenoxy) is 1. The highest BCUT2D eigenvalue weighted by atomic mass is 16.5. The number of para-hydroxylation sites is 1. The maximum Gasteiger partial charge on any atom is 0.124 e. The van der Waals surface area contributed by atoms with Crippen molar-refractivity contribution in [3.8, 4) is 5.75 Å². The highest BCUT2D eigenvalue weighted by molar-refractivity contribution is 5.36. The Morgan fingerprint density at radius 1 is 1.05 bits per heavy atom. The average molecular weight is 261 g/mol. The molecule has 0 spiro atoms. The zero-order chi connectivity index (χ0) is 13.7. The van der Waals surface area contributed by atoms with Gasteiger partial charge in [0, 0.05) is 11.6 Å². The molecule has 19 heavy (non-hydrogen) atoms. The summed E-state index contributed by atoms with van der Waals surface area (Å²) in [5.74, 6) is 1.58. The van der Waals surface area contributed by atoms with Gasteiger partial charge in [0.1, 0.15) is 5.75 Å². The molecular weight excluding hydrogens is 234 g/mol. The molecule has 0 heterocycles. The molecule has 1 aliphatic carbocycles. The quantitative estimate of drug-likeness (QED) is 0.813.